The van der Waals surface area contributed by atoms with Crippen molar-refractivity contribution < 1.29 is 9.90 Å². The third-order valence-corrected chi connectivity index (χ3v) is 3.37. The molecule has 1 heterocycles. The van der Waals surface area contributed by atoms with E-state index in [0.29, 0.717) is 0 Å². The Bertz CT molecular complexity index is 364. The molecule has 0 saturated heterocycles. The summed E-state index contributed by atoms with van der Waals surface area (Å²) in [4.78, 5) is 11.4. The number of aromatic nitrogens is 2. The number of rotatable bonds is 2. The first-order valence-electron chi connectivity index (χ1n) is 5.38. The van der Waals surface area contributed by atoms with Crippen LogP contribution in [0.5, 0.6) is 0 Å². The van der Waals surface area contributed by atoms with Gasteiger partial charge in [-0.15, -0.1) is 0 Å². The van der Waals surface area contributed by atoms with Crippen LogP contribution in [0.2, 0.25) is 0 Å². The van der Waals surface area contributed by atoms with Gasteiger partial charge in [0.25, 0.3) is 0 Å². The highest BCUT2D eigenvalue weighted by atomic mass is 16.4. The Hall–Kier alpha value is -1.32. The van der Waals surface area contributed by atoms with Gasteiger partial charge in [-0.05, 0) is 12.8 Å². The van der Waals surface area contributed by atoms with E-state index in [1.54, 1.807) is 10.9 Å². The van der Waals surface area contributed by atoms with Crippen molar-refractivity contribution in [1.29, 1.82) is 0 Å². The Labute approximate surface area is 88.9 Å². The summed E-state index contributed by atoms with van der Waals surface area (Å²) in [5.74, 6) is -0.699. The summed E-state index contributed by atoms with van der Waals surface area (Å²) in [6.45, 7) is 0. The Balaban J connectivity index is 2.37. The molecule has 1 fully saturated rings. The van der Waals surface area contributed by atoms with E-state index in [1.165, 1.54) is 0 Å². The Morgan fingerprint density at radius 1 is 1.47 bits per heavy atom. The molecule has 1 aromatic rings. The first kappa shape index (κ1) is 10.2. The normalized spacial score (nSPS) is 20.1. The SMILES string of the molecule is Cn1cc(C2(C(=O)O)CCCCC2)cn1. The van der Waals surface area contributed by atoms with E-state index in [-0.39, 0.29) is 0 Å². The maximum absolute atomic E-state index is 11.4. The standard InChI is InChI=1S/C11H16N2O2/c1-13-8-9(7-12-13)11(10(14)15)5-3-2-4-6-11/h7-8H,2-6H2,1H3,(H,14,15). The fourth-order valence-corrected chi connectivity index (χ4v) is 2.45. The number of nitrogens with zero attached hydrogens (tertiary/aromatic N) is 2. The molecule has 0 amide bonds. The lowest BCUT2D eigenvalue weighted by Crippen LogP contribution is -2.37. The fourth-order valence-electron chi connectivity index (χ4n) is 2.45. The van der Waals surface area contributed by atoms with Gasteiger partial charge < -0.3 is 5.11 Å². The minimum atomic E-state index is -0.699. The number of aliphatic carboxylic acids is 1. The van der Waals surface area contributed by atoms with Gasteiger partial charge in [0.15, 0.2) is 0 Å². The summed E-state index contributed by atoms with van der Waals surface area (Å²) < 4.78 is 1.68. The summed E-state index contributed by atoms with van der Waals surface area (Å²) in [5.41, 5.74) is 0.184. The minimum Gasteiger partial charge on any atom is -0.481 e. The fraction of sp³-hybridized carbons (Fsp3) is 0.636. The predicted molar refractivity (Wildman–Crippen MR) is 55.6 cm³/mol. The maximum atomic E-state index is 11.4. The van der Waals surface area contributed by atoms with Crippen LogP contribution in [0.25, 0.3) is 0 Å². The number of carboxylic acid groups (broad SMARTS) is 1. The lowest BCUT2D eigenvalue weighted by atomic mass is 9.70. The molecule has 0 aromatic carbocycles. The van der Waals surface area contributed by atoms with Crippen molar-refractivity contribution in [2.75, 3.05) is 0 Å². The molecule has 1 N–H and O–H groups in total. The van der Waals surface area contributed by atoms with E-state index in [2.05, 4.69) is 5.10 Å². The third-order valence-electron chi connectivity index (χ3n) is 3.37. The first-order valence-corrected chi connectivity index (χ1v) is 5.38. The van der Waals surface area contributed by atoms with Crippen LogP contribution in [0.3, 0.4) is 0 Å². The molecule has 0 unspecified atom stereocenters. The van der Waals surface area contributed by atoms with Gasteiger partial charge in [-0.25, -0.2) is 0 Å². The lowest BCUT2D eigenvalue weighted by molar-refractivity contribution is -0.145. The highest BCUT2D eigenvalue weighted by molar-refractivity contribution is 5.81. The van der Waals surface area contributed by atoms with Gasteiger partial charge in [0.05, 0.1) is 11.6 Å². The minimum absolute atomic E-state index is 0.674. The van der Waals surface area contributed by atoms with Crippen LogP contribution in [0.1, 0.15) is 37.7 Å². The summed E-state index contributed by atoms with van der Waals surface area (Å²) in [6, 6.07) is 0. The molecule has 82 valence electrons. The molecule has 1 aliphatic carbocycles. The molecule has 4 heteroatoms. The number of carboxylic acids is 1. The quantitative estimate of drug-likeness (QED) is 0.804. The van der Waals surface area contributed by atoms with Crippen molar-refractivity contribution in [3.63, 3.8) is 0 Å². The molecule has 0 bridgehead atoms. The van der Waals surface area contributed by atoms with Crippen LogP contribution < -0.4 is 0 Å². The van der Waals surface area contributed by atoms with Gasteiger partial charge in [0.2, 0.25) is 0 Å². The first-order chi connectivity index (χ1) is 7.15. The molecule has 1 aliphatic rings. The molecule has 0 atom stereocenters. The zero-order valence-corrected chi connectivity index (χ0v) is 8.94. The molecule has 4 nitrogen and oxygen atoms in total. The predicted octanol–water partition coefficient (Wildman–Crippen LogP) is 1.71. The molecule has 15 heavy (non-hydrogen) atoms. The van der Waals surface area contributed by atoms with E-state index in [9.17, 15) is 9.90 Å². The van der Waals surface area contributed by atoms with Crippen molar-refractivity contribution >= 4 is 5.97 Å². The number of hydrogen-bond acceptors (Lipinski definition) is 2. The molecule has 0 aliphatic heterocycles. The second kappa shape index (κ2) is 3.68. The zero-order chi connectivity index (χ0) is 10.9. The van der Waals surface area contributed by atoms with Gasteiger partial charge in [-0.1, -0.05) is 19.3 Å². The molecule has 0 radical (unpaired) electrons. The van der Waals surface area contributed by atoms with E-state index >= 15 is 0 Å². The van der Waals surface area contributed by atoms with Crippen molar-refractivity contribution in [3.05, 3.63) is 18.0 Å². The van der Waals surface area contributed by atoms with E-state index < -0.39 is 11.4 Å². The molecule has 0 spiro atoms. The Morgan fingerprint density at radius 3 is 2.60 bits per heavy atom. The number of hydrogen-bond donors (Lipinski definition) is 1. The maximum Gasteiger partial charge on any atom is 0.314 e. The molecule has 1 saturated carbocycles. The van der Waals surface area contributed by atoms with Gasteiger partial charge in [0, 0.05) is 18.8 Å². The van der Waals surface area contributed by atoms with E-state index in [1.807, 2.05) is 13.2 Å². The highest BCUT2D eigenvalue weighted by Crippen LogP contribution is 2.39. The second-order valence-electron chi connectivity index (χ2n) is 4.35. The summed E-state index contributed by atoms with van der Waals surface area (Å²) >= 11 is 0. The van der Waals surface area contributed by atoms with Gasteiger partial charge in [0.1, 0.15) is 0 Å². The largest absolute Gasteiger partial charge is 0.481 e. The highest BCUT2D eigenvalue weighted by Gasteiger charge is 2.42. The van der Waals surface area contributed by atoms with Crippen molar-refractivity contribution in [1.82, 2.24) is 9.78 Å². The zero-order valence-electron chi connectivity index (χ0n) is 8.94. The average Bonchev–Trinajstić information content (AvgIpc) is 2.66. The van der Waals surface area contributed by atoms with Gasteiger partial charge >= 0.3 is 5.97 Å². The topological polar surface area (TPSA) is 55.1 Å². The number of carbonyl (C=O) groups is 1. The molecule has 1 aromatic heterocycles. The van der Waals surface area contributed by atoms with Gasteiger partial charge in [-0.3, -0.25) is 9.48 Å². The summed E-state index contributed by atoms with van der Waals surface area (Å²) in [7, 11) is 1.82. The van der Waals surface area contributed by atoms with Gasteiger partial charge in [-0.2, -0.15) is 5.10 Å². The van der Waals surface area contributed by atoms with Crippen molar-refractivity contribution in [2.45, 2.75) is 37.5 Å². The van der Waals surface area contributed by atoms with Crippen molar-refractivity contribution in [3.8, 4) is 0 Å². The smallest absolute Gasteiger partial charge is 0.314 e. The van der Waals surface area contributed by atoms with Crippen LogP contribution in [0.4, 0.5) is 0 Å². The monoisotopic (exact) mass is 208 g/mol. The van der Waals surface area contributed by atoms with Crippen LogP contribution in [0.15, 0.2) is 12.4 Å². The third kappa shape index (κ3) is 1.64. The molecular formula is C11H16N2O2. The van der Waals surface area contributed by atoms with E-state index in [0.717, 1.165) is 37.7 Å². The van der Waals surface area contributed by atoms with Crippen LogP contribution in [0, 0.1) is 0 Å². The molecule has 2 rings (SSSR count). The molecular weight excluding hydrogens is 192 g/mol. The lowest BCUT2D eigenvalue weighted by Gasteiger charge is -2.32. The summed E-state index contributed by atoms with van der Waals surface area (Å²) in [6.07, 6.45) is 8.17. The van der Waals surface area contributed by atoms with Crippen LogP contribution in [-0.2, 0) is 17.3 Å². The number of aryl methyl sites for hydroxylation is 1. The van der Waals surface area contributed by atoms with Crippen LogP contribution >= 0.6 is 0 Å². The Morgan fingerprint density at radius 2 is 2.13 bits per heavy atom. The van der Waals surface area contributed by atoms with Crippen LogP contribution in [-0.4, -0.2) is 20.9 Å². The summed E-state index contributed by atoms with van der Waals surface area (Å²) in [5, 5.41) is 13.5. The van der Waals surface area contributed by atoms with E-state index in [4.69, 9.17) is 0 Å². The average molecular weight is 208 g/mol. The second-order valence-corrected chi connectivity index (χ2v) is 4.35. The van der Waals surface area contributed by atoms with Crippen molar-refractivity contribution in [2.24, 2.45) is 7.05 Å². The Kier molecular flexibility index (Phi) is 2.50.